The minimum absolute atomic E-state index is 0.00909. The summed E-state index contributed by atoms with van der Waals surface area (Å²) in [5.74, 6) is 0.806. The molecule has 1 aliphatic carbocycles. The van der Waals surface area contributed by atoms with Crippen molar-refractivity contribution in [3.8, 4) is 0 Å². The van der Waals surface area contributed by atoms with Gasteiger partial charge >= 0.3 is 0 Å². The molecule has 0 bridgehead atoms. The molecule has 0 aromatic heterocycles. The van der Waals surface area contributed by atoms with Crippen LogP contribution < -0.4 is 0 Å². The van der Waals surface area contributed by atoms with Crippen LogP contribution in [0, 0.1) is 17.8 Å². The molecule has 0 spiro atoms. The Bertz CT molecular complexity index is 474. The van der Waals surface area contributed by atoms with Gasteiger partial charge in [-0.05, 0) is 56.2 Å². The number of Topliss-reactive ketones (excluding diaryl/α,β-unsaturated/α-hetero) is 1. The lowest BCUT2D eigenvalue weighted by molar-refractivity contribution is -0.134. The number of aliphatic hydroxyl groups excluding tert-OH is 1. The first-order chi connectivity index (χ1) is 11.4. The first-order valence-corrected chi connectivity index (χ1v) is 12.8. The standard InChI is InChI=1S/C21H40O3Si/c1-15(2)10-9-11-16(3)19-17(12-13-18(22)20(19)23)14-24-25(7,8)21(4,5)6/h11,15,17,19-20,23H,9-10,12-14H2,1-8H3/b16-11-/t17-,19-,20-/m1/s1. The molecule has 0 amide bonds. The van der Waals surface area contributed by atoms with Gasteiger partial charge in [0, 0.05) is 18.9 Å². The maximum absolute atomic E-state index is 12.1. The molecule has 1 fully saturated rings. The summed E-state index contributed by atoms with van der Waals surface area (Å²) in [5.41, 5.74) is 1.16. The third-order valence-electron chi connectivity index (χ3n) is 6.14. The van der Waals surface area contributed by atoms with Gasteiger partial charge in [-0.3, -0.25) is 4.79 Å². The molecule has 0 saturated heterocycles. The number of hydrogen-bond acceptors (Lipinski definition) is 3. The van der Waals surface area contributed by atoms with Crippen LogP contribution in [0.4, 0.5) is 0 Å². The first-order valence-electron chi connectivity index (χ1n) is 9.88. The van der Waals surface area contributed by atoms with Crippen LogP contribution in [-0.4, -0.2) is 31.9 Å². The number of carbonyl (C=O) groups excluding carboxylic acids is 1. The summed E-state index contributed by atoms with van der Waals surface area (Å²) in [5, 5.41) is 10.7. The van der Waals surface area contributed by atoms with Crippen molar-refractivity contribution in [1.29, 1.82) is 0 Å². The van der Waals surface area contributed by atoms with E-state index in [9.17, 15) is 9.90 Å². The van der Waals surface area contributed by atoms with Gasteiger partial charge in [0.05, 0.1) is 0 Å². The molecule has 0 radical (unpaired) electrons. The van der Waals surface area contributed by atoms with Crippen LogP contribution in [-0.2, 0) is 9.22 Å². The zero-order chi connectivity index (χ0) is 19.4. The highest BCUT2D eigenvalue weighted by Gasteiger charge is 2.42. The van der Waals surface area contributed by atoms with Crippen molar-refractivity contribution < 1.29 is 14.3 Å². The third-order valence-corrected chi connectivity index (χ3v) is 10.6. The minimum Gasteiger partial charge on any atom is -0.417 e. The maximum Gasteiger partial charge on any atom is 0.191 e. The average molecular weight is 369 g/mol. The fourth-order valence-corrected chi connectivity index (χ4v) is 4.30. The molecule has 146 valence electrons. The van der Waals surface area contributed by atoms with Crippen LogP contribution in [0.15, 0.2) is 11.6 Å². The first kappa shape index (κ1) is 22.6. The normalized spacial score (nSPS) is 26.4. The fourth-order valence-electron chi connectivity index (χ4n) is 3.23. The van der Waals surface area contributed by atoms with E-state index >= 15 is 0 Å². The van der Waals surface area contributed by atoms with Gasteiger partial charge in [-0.2, -0.15) is 0 Å². The Morgan fingerprint density at radius 2 is 1.96 bits per heavy atom. The Hall–Kier alpha value is -0.453. The molecule has 1 saturated carbocycles. The molecule has 0 unspecified atom stereocenters. The topological polar surface area (TPSA) is 46.5 Å². The lowest BCUT2D eigenvalue weighted by Gasteiger charge is -2.40. The predicted octanol–water partition coefficient (Wildman–Crippen LogP) is 5.35. The molecular formula is C21H40O3Si. The van der Waals surface area contributed by atoms with E-state index < -0.39 is 14.4 Å². The van der Waals surface area contributed by atoms with E-state index in [0.717, 1.165) is 24.8 Å². The molecule has 1 N–H and O–H groups in total. The number of aliphatic hydroxyl groups is 1. The van der Waals surface area contributed by atoms with E-state index in [2.05, 4.69) is 60.7 Å². The van der Waals surface area contributed by atoms with E-state index in [4.69, 9.17) is 4.43 Å². The summed E-state index contributed by atoms with van der Waals surface area (Å²) < 4.78 is 6.43. The third kappa shape index (κ3) is 6.33. The minimum atomic E-state index is -1.82. The molecule has 3 atom stereocenters. The second kappa shape index (κ2) is 8.96. The molecule has 0 aliphatic heterocycles. The molecular weight excluding hydrogens is 328 g/mol. The monoisotopic (exact) mass is 368 g/mol. The highest BCUT2D eigenvalue weighted by Crippen LogP contribution is 2.39. The Morgan fingerprint density at radius 1 is 1.36 bits per heavy atom. The molecule has 1 rings (SSSR count). The number of rotatable bonds is 7. The smallest absolute Gasteiger partial charge is 0.191 e. The van der Waals surface area contributed by atoms with Crippen molar-refractivity contribution in [3.63, 3.8) is 0 Å². The van der Waals surface area contributed by atoms with Crippen LogP contribution in [0.25, 0.3) is 0 Å². The molecule has 4 heteroatoms. The molecule has 0 heterocycles. The Kier molecular flexibility index (Phi) is 8.10. The summed E-state index contributed by atoms with van der Waals surface area (Å²) >= 11 is 0. The predicted molar refractivity (Wildman–Crippen MR) is 108 cm³/mol. The summed E-state index contributed by atoms with van der Waals surface area (Å²) in [4.78, 5) is 12.1. The van der Waals surface area contributed by atoms with Crippen molar-refractivity contribution in [3.05, 3.63) is 11.6 Å². The Labute approximate surface area is 156 Å². The summed E-state index contributed by atoms with van der Waals surface area (Å²) in [6.45, 7) is 18.4. The maximum atomic E-state index is 12.1. The van der Waals surface area contributed by atoms with Crippen molar-refractivity contribution in [1.82, 2.24) is 0 Å². The van der Waals surface area contributed by atoms with Gasteiger partial charge in [0.1, 0.15) is 6.10 Å². The zero-order valence-electron chi connectivity index (χ0n) is 17.7. The van der Waals surface area contributed by atoms with E-state index in [-0.39, 0.29) is 22.7 Å². The summed E-state index contributed by atoms with van der Waals surface area (Å²) in [6.07, 6.45) is 4.81. The average Bonchev–Trinajstić information content (AvgIpc) is 2.46. The largest absolute Gasteiger partial charge is 0.417 e. The second-order valence-electron chi connectivity index (χ2n) is 9.73. The van der Waals surface area contributed by atoms with Crippen molar-refractivity contribution in [2.45, 2.75) is 91.5 Å². The van der Waals surface area contributed by atoms with Crippen molar-refractivity contribution in [2.75, 3.05) is 6.61 Å². The quantitative estimate of drug-likeness (QED) is 0.487. The van der Waals surface area contributed by atoms with E-state index in [0.29, 0.717) is 18.9 Å². The van der Waals surface area contributed by atoms with Gasteiger partial charge < -0.3 is 9.53 Å². The van der Waals surface area contributed by atoms with Crippen molar-refractivity contribution in [2.24, 2.45) is 17.8 Å². The zero-order valence-corrected chi connectivity index (χ0v) is 18.7. The summed E-state index contributed by atoms with van der Waals surface area (Å²) in [7, 11) is -1.82. The second-order valence-corrected chi connectivity index (χ2v) is 14.5. The number of hydrogen-bond donors (Lipinski definition) is 1. The highest BCUT2D eigenvalue weighted by molar-refractivity contribution is 6.74. The molecule has 0 aromatic rings. The van der Waals surface area contributed by atoms with E-state index in [1.165, 1.54) is 0 Å². The fraction of sp³-hybridized carbons (Fsp3) is 0.857. The molecule has 0 aromatic carbocycles. The molecule has 3 nitrogen and oxygen atoms in total. The van der Waals surface area contributed by atoms with Crippen LogP contribution in [0.2, 0.25) is 18.1 Å². The molecule has 25 heavy (non-hydrogen) atoms. The van der Waals surface area contributed by atoms with Crippen LogP contribution in [0.3, 0.4) is 0 Å². The van der Waals surface area contributed by atoms with Crippen LogP contribution in [0.5, 0.6) is 0 Å². The SMILES string of the molecule is C/C(=C/CCC(C)C)[C@@H]1[C@@H](CO[Si](C)(C)C(C)(C)C)CCC(=O)[C@H]1O. The number of allylic oxidation sites excluding steroid dienone is 1. The van der Waals surface area contributed by atoms with Gasteiger partial charge in [0.15, 0.2) is 14.1 Å². The van der Waals surface area contributed by atoms with Gasteiger partial charge in [0.25, 0.3) is 0 Å². The Balaban J connectivity index is 2.86. The highest BCUT2D eigenvalue weighted by atomic mass is 28.4. The Morgan fingerprint density at radius 3 is 2.48 bits per heavy atom. The van der Waals surface area contributed by atoms with Gasteiger partial charge in [-0.15, -0.1) is 0 Å². The van der Waals surface area contributed by atoms with Crippen molar-refractivity contribution >= 4 is 14.1 Å². The van der Waals surface area contributed by atoms with Gasteiger partial charge in [-0.25, -0.2) is 0 Å². The van der Waals surface area contributed by atoms with E-state index in [1.54, 1.807) is 0 Å². The van der Waals surface area contributed by atoms with Crippen LogP contribution >= 0.6 is 0 Å². The molecule has 1 aliphatic rings. The number of carbonyl (C=O) groups is 1. The van der Waals surface area contributed by atoms with Crippen LogP contribution in [0.1, 0.15) is 67.2 Å². The van der Waals surface area contributed by atoms with Gasteiger partial charge in [-0.1, -0.05) is 46.3 Å². The lowest BCUT2D eigenvalue weighted by atomic mass is 9.73. The summed E-state index contributed by atoms with van der Waals surface area (Å²) in [6, 6.07) is 0. The van der Waals surface area contributed by atoms with E-state index in [1.807, 2.05) is 0 Å². The lowest BCUT2D eigenvalue weighted by Crippen LogP contribution is -2.46. The van der Waals surface area contributed by atoms with Gasteiger partial charge in [0.2, 0.25) is 0 Å². The number of ketones is 1.